The number of hydrogen-bond acceptors (Lipinski definition) is 3. The molecule has 1 aliphatic heterocycles. The average molecular weight is 252 g/mol. The lowest BCUT2D eigenvalue weighted by Crippen LogP contribution is -2.50. The molecule has 1 aromatic rings. The third-order valence-corrected chi connectivity index (χ3v) is 3.74. The summed E-state index contributed by atoms with van der Waals surface area (Å²) in [6, 6.07) is 6.74. The second-order valence-electron chi connectivity index (χ2n) is 5.17. The van der Waals surface area contributed by atoms with Crippen molar-refractivity contribution in [1.82, 2.24) is 9.80 Å². The molecule has 1 saturated heterocycles. The highest BCUT2D eigenvalue weighted by molar-refractivity contribution is 5.20. The zero-order valence-corrected chi connectivity index (χ0v) is 11.0. The van der Waals surface area contributed by atoms with E-state index in [1.165, 1.54) is 6.07 Å². The summed E-state index contributed by atoms with van der Waals surface area (Å²) in [5, 5.41) is 10.2. The summed E-state index contributed by atoms with van der Waals surface area (Å²) >= 11 is 0. The number of aliphatic hydroxyl groups is 1. The number of likely N-dealkylation sites (N-methyl/N-ethyl adjacent to an activating group) is 2. The summed E-state index contributed by atoms with van der Waals surface area (Å²) in [4.78, 5) is 4.49. The van der Waals surface area contributed by atoms with Crippen LogP contribution in [-0.2, 0) is 0 Å². The van der Waals surface area contributed by atoms with Crippen LogP contribution in [0.5, 0.6) is 0 Å². The van der Waals surface area contributed by atoms with Gasteiger partial charge in [0.05, 0.1) is 6.10 Å². The van der Waals surface area contributed by atoms with Crippen LogP contribution < -0.4 is 0 Å². The molecule has 18 heavy (non-hydrogen) atoms. The number of benzene rings is 1. The summed E-state index contributed by atoms with van der Waals surface area (Å²) in [6.07, 6.45) is -0.160. The molecule has 0 aliphatic carbocycles. The fourth-order valence-corrected chi connectivity index (χ4v) is 2.49. The smallest absolute Gasteiger partial charge is 0.128 e. The van der Waals surface area contributed by atoms with Gasteiger partial charge in [0.1, 0.15) is 5.82 Å². The van der Waals surface area contributed by atoms with Crippen molar-refractivity contribution in [3.05, 3.63) is 35.6 Å². The first-order valence-corrected chi connectivity index (χ1v) is 6.39. The maximum Gasteiger partial charge on any atom is 0.128 e. The fraction of sp³-hybridized carbons (Fsp3) is 0.571. The third-order valence-electron chi connectivity index (χ3n) is 3.74. The number of halogens is 1. The SMILES string of the molecule is CN1CCN(C)C(CC(O)c2ccccc2F)C1. The van der Waals surface area contributed by atoms with Crippen LogP contribution in [0.4, 0.5) is 4.39 Å². The first-order valence-electron chi connectivity index (χ1n) is 6.39. The topological polar surface area (TPSA) is 26.7 Å². The van der Waals surface area contributed by atoms with Gasteiger partial charge in [-0.2, -0.15) is 0 Å². The summed E-state index contributed by atoms with van der Waals surface area (Å²) in [5.74, 6) is -0.322. The van der Waals surface area contributed by atoms with Crippen LogP contribution in [0.15, 0.2) is 24.3 Å². The minimum absolute atomic E-state index is 0.276. The standard InChI is InChI=1S/C14H21FN2O/c1-16-7-8-17(2)11(10-16)9-14(18)12-5-3-4-6-13(12)15/h3-6,11,14,18H,7-10H2,1-2H3. The van der Waals surface area contributed by atoms with Gasteiger partial charge in [0.2, 0.25) is 0 Å². The molecule has 0 bridgehead atoms. The number of nitrogens with zero attached hydrogens (tertiary/aromatic N) is 2. The van der Waals surface area contributed by atoms with Crippen molar-refractivity contribution in [3.8, 4) is 0 Å². The molecule has 0 aromatic heterocycles. The monoisotopic (exact) mass is 252 g/mol. The summed E-state index contributed by atoms with van der Waals surface area (Å²) < 4.78 is 13.6. The lowest BCUT2D eigenvalue weighted by Gasteiger charge is -2.38. The maximum atomic E-state index is 13.6. The Morgan fingerprint density at radius 3 is 2.78 bits per heavy atom. The van der Waals surface area contributed by atoms with Gasteiger partial charge in [-0.05, 0) is 26.6 Å². The van der Waals surface area contributed by atoms with Gasteiger partial charge in [0.15, 0.2) is 0 Å². The molecular formula is C14H21FN2O. The lowest BCUT2D eigenvalue weighted by atomic mass is 9.99. The lowest BCUT2D eigenvalue weighted by molar-refractivity contribution is 0.0622. The highest BCUT2D eigenvalue weighted by Gasteiger charge is 2.25. The predicted octanol–water partition coefficient (Wildman–Crippen LogP) is 1.49. The van der Waals surface area contributed by atoms with Crippen molar-refractivity contribution in [3.63, 3.8) is 0 Å². The van der Waals surface area contributed by atoms with Crippen molar-refractivity contribution in [2.45, 2.75) is 18.6 Å². The van der Waals surface area contributed by atoms with E-state index in [1.807, 2.05) is 0 Å². The van der Waals surface area contributed by atoms with Crippen molar-refractivity contribution in [2.75, 3.05) is 33.7 Å². The Balaban J connectivity index is 2.02. The van der Waals surface area contributed by atoms with Crippen LogP contribution in [-0.4, -0.2) is 54.7 Å². The molecule has 2 rings (SSSR count). The zero-order valence-electron chi connectivity index (χ0n) is 11.0. The molecule has 1 aliphatic rings. The van der Waals surface area contributed by atoms with Crippen LogP contribution >= 0.6 is 0 Å². The van der Waals surface area contributed by atoms with E-state index in [-0.39, 0.29) is 11.9 Å². The molecule has 1 fully saturated rings. The number of rotatable bonds is 3. The Morgan fingerprint density at radius 2 is 2.06 bits per heavy atom. The number of aliphatic hydroxyl groups excluding tert-OH is 1. The van der Waals surface area contributed by atoms with Crippen LogP contribution in [0.25, 0.3) is 0 Å². The summed E-state index contributed by atoms with van der Waals surface area (Å²) in [6.45, 7) is 2.95. The van der Waals surface area contributed by atoms with Gasteiger partial charge >= 0.3 is 0 Å². The van der Waals surface area contributed by atoms with Crippen LogP contribution in [0.3, 0.4) is 0 Å². The summed E-state index contributed by atoms with van der Waals surface area (Å²) in [7, 11) is 4.14. The van der Waals surface area contributed by atoms with Crippen LogP contribution in [0, 0.1) is 5.82 Å². The van der Waals surface area contributed by atoms with Gasteiger partial charge in [0, 0.05) is 31.2 Å². The Bertz CT molecular complexity index is 399. The second kappa shape index (κ2) is 5.78. The average Bonchev–Trinajstić information content (AvgIpc) is 2.34. The minimum atomic E-state index is -0.731. The van der Waals surface area contributed by atoms with Gasteiger partial charge in [0.25, 0.3) is 0 Å². The number of hydrogen-bond donors (Lipinski definition) is 1. The predicted molar refractivity (Wildman–Crippen MR) is 69.9 cm³/mol. The molecular weight excluding hydrogens is 231 g/mol. The van der Waals surface area contributed by atoms with Crippen LogP contribution in [0.2, 0.25) is 0 Å². The molecule has 3 nitrogen and oxygen atoms in total. The van der Waals surface area contributed by atoms with Gasteiger partial charge in [-0.3, -0.25) is 0 Å². The van der Waals surface area contributed by atoms with E-state index in [1.54, 1.807) is 18.2 Å². The molecule has 2 unspecified atom stereocenters. The highest BCUT2D eigenvalue weighted by Crippen LogP contribution is 2.24. The van der Waals surface area contributed by atoms with E-state index >= 15 is 0 Å². The fourth-order valence-electron chi connectivity index (χ4n) is 2.49. The van der Waals surface area contributed by atoms with Crippen LogP contribution in [0.1, 0.15) is 18.1 Å². The molecule has 0 saturated carbocycles. The quantitative estimate of drug-likeness (QED) is 0.883. The van der Waals surface area contributed by atoms with Crippen molar-refractivity contribution >= 4 is 0 Å². The largest absolute Gasteiger partial charge is 0.388 e. The zero-order chi connectivity index (χ0) is 13.1. The van der Waals surface area contributed by atoms with E-state index in [4.69, 9.17) is 0 Å². The van der Waals surface area contributed by atoms with Gasteiger partial charge in [-0.15, -0.1) is 0 Å². The molecule has 4 heteroatoms. The van der Waals surface area contributed by atoms with Crippen molar-refractivity contribution < 1.29 is 9.50 Å². The normalized spacial score (nSPS) is 24.1. The first-order chi connectivity index (χ1) is 8.58. The highest BCUT2D eigenvalue weighted by atomic mass is 19.1. The van der Waals surface area contributed by atoms with E-state index in [0.717, 1.165) is 19.6 Å². The maximum absolute atomic E-state index is 13.6. The molecule has 1 heterocycles. The number of piperazine rings is 1. The Morgan fingerprint density at radius 1 is 1.33 bits per heavy atom. The third kappa shape index (κ3) is 3.07. The van der Waals surface area contributed by atoms with Gasteiger partial charge < -0.3 is 14.9 Å². The molecule has 1 aromatic carbocycles. The molecule has 0 amide bonds. The van der Waals surface area contributed by atoms with Crippen molar-refractivity contribution in [2.24, 2.45) is 0 Å². The molecule has 1 N–H and O–H groups in total. The molecule has 100 valence electrons. The van der Waals surface area contributed by atoms with Gasteiger partial charge in [-0.1, -0.05) is 18.2 Å². The Labute approximate surface area is 108 Å². The molecule has 0 radical (unpaired) electrons. The molecule has 2 atom stereocenters. The van der Waals surface area contributed by atoms with Gasteiger partial charge in [-0.25, -0.2) is 4.39 Å². The second-order valence-corrected chi connectivity index (χ2v) is 5.17. The summed E-state index contributed by atoms with van der Waals surface area (Å²) in [5.41, 5.74) is 0.402. The minimum Gasteiger partial charge on any atom is -0.388 e. The Kier molecular flexibility index (Phi) is 4.32. The Hall–Kier alpha value is -0.970. The van der Waals surface area contributed by atoms with Crippen molar-refractivity contribution in [1.29, 1.82) is 0 Å². The van der Waals surface area contributed by atoms with E-state index in [0.29, 0.717) is 12.0 Å². The van der Waals surface area contributed by atoms with E-state index < -0.39 is 6.10 Å². The first kappa shape index (κ1) is 13.5. The molecule has 0 spiro atoms. The van der Waals surface area contributed by atoms with E-state index in [9.17, 15) is 9.50 Å². The van der Waals surface area contributed by atoms with E-state index in [2.05, 4.69) is 23.9 Å².